The van der Waals surface area contributed by atoms with Crippen LogP contribution in [0.5, 0.6) is 0 Å². The summed E-state index contributed by atoms with van der Waals surface area (Å²) in [6.07, 6.45) is 0. The largest absolute Gasteiger partial charge is 0.322 e. The summed E-state index contributed by atoms with van der Waals surface area (Å²) in [5, 5.41) is 1.66. The van der Waals surface area contributed by atoms with Crippen LogP contribution >= 0.6 is 46.6 Å². The molecule has 0 saturated heterocycles. The second kappa shape index (κ2) is 8.30. The molecule has 0 aliphatic rings. The van der Waals surface area contributed by atoms with Crippen LogP contribution in [0.2, 0.25) is 0 Å². The van der Waals surface area contributed by atoms with Crippen molar-refractivity contribution in [3.05, 3.63) is 60.4 Å². The van der Waals surface area contributed by atoms with Crippen molar-refractivity contribution in [2.75, 3.05) is 12.4 Å². The summed E-state index contributed by atoms with van der Waals surface area (Å²) in [5.41, 5.74) is 0.0575. The highest BCUT2D eigenvalue weighted by atomic mass is 35.6. The molecule has 8 heteroatoms. The van der Waals surface area contributed by atoms with E-state index in [1.807, 2.05) is 30.3 Å². The Kier molecular flexibility index (Phi) is 6.63. The first-order valence-electron chi connectivity index (χ1n) is 6.86. The number of nitrogens with zero attached hydrogens (tertiary/aromatic N) is 1. The SMILES string of the molecule is CN(C(=O)Nc1ccccc1F)C(Sc1ccccc1)C(Cl)(Cl)Cl. The fraction of sp³-hybridized carbons (Fsp3) is 0.188. The molecular formula is C16H14Cl3FN2OS. The van der Waals surface area contributed by atoms with Crippen LogP contribution < -0.4 is 5.32 Å². The summed E-state index contributed by atoms with van der Waals surface area (Å²) in [4.78, 5) is 14.5. The van der Waals surface area contributed by atoms with E-state index in [4.69, 9.17) is 34.8 Å². The first-order chi connectivity index (χ1) is 11.3. The molecule has 2 aromatic rings. The lowest BCUT2D eigenvalue weighted by atomic mass is 10.3. The summed E-state index contributed by atoms with van der Waals surface area (Å²) < 4.78 is 11.9. The number of urea groups is 1. The monoisotopic (exact) mass is 406 g/mol. The van der Waals surface area contributed by atoms with Gasteiger partial charge in [0.2, 0.25) is 3.79 Å². The molecule has 2 rings (SSSR count). The number of benzene rings is 2. The maximum atomic E-state index is 13.7. The smallest absolute Gasteiger partial charge is 0.311 e. The maximum absolute atomic E-state index is 13.7. The quantitative estimate of drug-likeness (QED) is 0.396. The zero-order chi connectivity index (χ0) is 17.7. The molecule has 2 amide bonds. The Morgan fingerprint density at radius 1 is 1.12 bits per heavy atom. The van der Waals surface area contributed by atoms with Gasteiger partial charge in [0, 0.05) is 11.9 Å². The lowest BCUT2D eigenvalue weighted by molar-refractivity contribution is 0.219. The van der Waals surface area contributed by atoms with Gasteiger partial charge in [-0.1, -0.05) is 76.9 Å². The van der Waals surface area contributed by atoms with Crippen LogP contribution in [-0.2, 0) is 0 Å². The van der Waals surface area contributed by atoms with Crippen LogP contribution in [0.4, 0.5) is 14.9 Å². The fourth-order valence-corrected chi connectivity index (χ4v) is 3.67. The van der Waals surface area contributed by atoms with E-state index in [1.165, 1.54) is 41.9 Å². The van der Waals surface area contributed by atoms with Gasteiger partial charge in [0.05, 0.1) is 5.69 Å². The van der Waals surface area contributed by atoms with Gasteiger partial charge in [-0.05, 0) is 24.3 Å². The van der Waals surface area contributed by atoms with Gasteiger partial charge in [0.15, 0.2) is 0 Å². The molecule has 0 fully saturated rings. The third kappa shape index (κ3) is 5.18. The van der Waals surface area contributed by atoms with E-state index in [9.17, 15) is 9.18 Å². The number of halogens is 4. The molecule has 0 aliphatic carbocycles. The minimum Gasteiger partial charge on any atom is -0.311 e. The molecule has 3 nitrogen and oxygen atoms in total. The summed E-state index contributed by atoms with van der Waals surface area (Å²) in [6, 6.07) is 14.5. The third-order valence-electron chi connectivity index (χ3n) is 3.06. The Hall–Kier alpha value is -1.14. The lowest BCUT2D eigenvalue weighted by Crippen LogP contribution is -2.45. The Morgan fingerprint density at radius 3 is 2.29 bits per heavy atom. The van der Waals surface area contributed by atoms with Crippen LogP contribution in [0.25, 0.3) is 0 Å². The second-order valence-electron chi connectivity index (χ2n) is 4.85. The molecule has 1 unspecified atom stereocenters. The number of hydrogen-bond donors (Lipinski definition) is 1. The predicted octanol–water partition coefficient (Wildman–Crippen LogP) is 5.78. The van der Waals surface area contributed by atoms with Gasteiger partial charge in [0.25, 0.3) is 0 Å². The number of amides is 2. The molecule has 2 aromatic carbocycles. The molecule has 0 bridgehead atoms. The molecule has 1 atom stereocenters. The molecule has 0 spiro atoms. The first kappa shape index (κ1) is 19.2. The number of anilines is 1. The number of carbonyl (C=O) groups excluding carboxylic acids is 1. The third-order valence-corrected chi connectivity index (χ3v) is 5.50. The molecule has 0 aliphatic heterocycles. The summed E-state index contributed by atoms with van der Waals surface area (Å²) >= 11 is 19.3. The van der Waals surface area contributed by atoms with E-state index in [1.54, 1.807) is 6.07 Å². The van der Waals surface area contributed by atoms with Crippen LogP contribution in [-0.4, -0.2) is 27.1 Å². The van der Waals surface area contributed by atoms with Crippen LogP contribution in [0.1, 0.15) is 0 Å². The van der Waals surface area contributed by atoms with Crippen molar-refractivity contribution in [3.8, 4) is 0 Å². The topological polar surface area (TPSA) is 32.3 Å². The molecule has 0 aromatic heterocycles. The van der Waals surface area contributed by atoms with E-state index in [0.717, 1.165) is 4.90 Å². The highest BCUT2D eigenvalue weighted by molar-refractivity contribution is 8.00. The average molecular weight is 408 g/mol. The average Bonchev–Trinajstić information content (AvgIpc) is 2.54. The van der Waals surface area contributed by atoms with Crippen molar-refractivity contribution in [1.82, 2.24) is 4.90 Å². The normalized spacial score (nSPS) is 12.5. The van der Waals surface area contributed by atoms with Gasteiger partial charge < -0.3 is 10.2 Å². The fourth-order valence-electron chi connectivity index (χ4n) is 1.87. The van der Waals surface area contributed by atoms with Crippen molar-refractivity contribution < 1.29 is 9.18 Å². The molecule has 128 valence electrons. The minimum atomic E-state index is -1.73. The zero-order valence-electron chi connectivity index (χ0n) is 12.5. The van der Waals surface area contributed by atoms with Gasteiger partial charge in [-0.3, -0.25) is 0 Å². The zero-order valence-corrected chi connectivity index (χ0v) is 15.6. The maximum Gasteiger partial charge on any atom is 0.322 e. The summed E-state index contributed by atoms with van der Waals surface area (Å²) in [6.45, 7) is 0. The van der Waals surface area contributed by atoms with Crippen LogP contribution in [0, 0.1) is 5.82 Å². The van der Waals surface area contributed by atoms with Gasteiger partial charge in [0.1, 0.15) is 11.2 Å². The van der Waals surface area contributed by atoms with E-state index in [2.05, 4.69) is 5.32 Å². The Balaban J connectivity index is 2.16. The predicted molar refractivity (Wildman–Crippen MR) is 99.6 cm³/mol. The number of para-hydroxylation sites is 1. The van der Waals surface area contributed by atoms with Gasteiger partial charge >= 0.3 is 6.03 Å². The molecule has 0 saturated carbocycles. The molecule has 1 N–H and O–H groups in total. The van der Waals surface area contributed by atoms with E-state index >= 15 is 0 Å². The number of nitrogens with one attached hydrogen (secondary N) is 1. The second-order valence-corrected chi connectivity index (χ2v) is 8.37. The number of rotatable bonds is 4. The highest BCUT2D eigenvalue weighted by Gasteiger charge is 2.39. The van der Waals surface area contributed by atoms with E-state index < -0.39 is 21.0 Å². The van der Waals surface area contributed by atoms with Crippen molar-refractivity contribution in [2.24, 2.45) is 0 Å². The Labute approximate surface area is 159 Å². The van der Waals surface area contributed by atoms with Gasteiger partial charge in [-0.2, -0.15) is 0 Å². The van der Waals surface area contributed by atoms with E-state index in [0.29, 0.717) is 0 Å². The van der Waals surface area contributed by atoms with Crippen molar-refractivity contribution in [2.45, 2.75) is 14.1 Å². The number of carbonyl (C=O) groups is 1. The molecule has 24 heavy (non-hydrogen) atoms. The highest BCUT2D eigenvalue weighted by Crippen LogP contribution is 2.42. The van der Waals surface area contributed by atoms with E-state index in [-0.39, 0.29) is 5.69 Å². The summed E-state index contributed by atoms with van der Waals surface area (Å²) in [7, 11) is 1.48. The Morgan fingerprint density at radius 2 is 1.71 bits per heavy atom. The Bertz CT molecular complexity index is 697. The van der Waals surface area contributed by atoms with Crippen molar-refractivity contribution >= 4 is 58.3 Å². The molecule has 0 heterocycles. The summed E-state index contributed by atoms with van der Waals surface area (Å²) in [5.74, 6) is -0.541. The lowest BCUT2D eigenvalue weighted by Gasteiger charge is -2.32. The molecule has 0 radical (unpaired) electrons. The first-order valence-corrected chi connectivity index (χ1v) is 8.87. The van der Waals surface area contributed by atoms with Gasteiger partial charge in [-0.15, -0.1) is 0 Å². The molecular weight excluding hydrogens is 394 g/mol. The number of thioether (sulfide) groups is 1. The van der Waals surface area contributed by atoms with Crippen LogP contribution in [0.15, 0.2) is 59.5 Å². The number of alkyl halides is 3. The van der Waals surface area contributed by atoms with Gasteiger partial charge in [-0.25, -0.2) is 9.18 Å². The van der Waals surface area contributed by atoms with Crippen molar-refractivity contribution in [1.29, 1.82) is 0 Å². The standard InChI is InChI=1S/C16H14Cl3FN2OS/c1-22(15(23)21-13-10-6-5-9-12(13)20)14(16(17,18)19)24-11-7-3-2-4-8-11/h2-10,14H,1H3,(H,21,23). The number of hydrogen-bond acceptors (Lipinski definition) is 2. The van der Waals surface area contributed by atoms with Crippen LogP contribution in [0.3, 0.4) is 0 Å². The van der Waals surface area contributed by atoms with Crippen molar-refractivity contribution in [3.63, 3.8) is 0 Å². The minimum absolute atomic E-state index is 0.0575.